The summed E-state index contributed by atoms with van der Waals surface area (Å²) < 4.78 is 25.6. The second-order valence-electron chi connectivity index (χ2n) is 7.25. The van der Waals surface area contributed by atoms with E-state index >= 15 is 0 Å². The number of hydrogen-bond donors (Lipinski definition) is 2. The third-order valence-corrected chi connectivity index (χ3v) is 5.18. The maximum atomic E-state index is 13.2. The Bertz CT molecular complexity index is 1060. The summed E-state index contributed by atoms with van der Waals surface area (Å²) in [5.41, 5.74) is 3.43. The third-order valence-electron chi connectivity index (χ3n) is 5.18. The molecule has 8 heteroatoms. The van der Waals surface area contributed by atoms with Crippen LogP contribution in [0.25, 0.3) is 5.69 Å². The van der Waals surface area contributed by atoms with E-state index in [9.17, 15) is 9.18 Å². The summed E-state index contributed by atoms with van der Waals surface area (Å²) in [7, 11) is 0. The first kappa shape index (κ1) is 19.8. The molecule has 0 spiro atoms. The predicted octanol–water partition coefficient (Wildman–Crippen LogP) is 4.17. The summed E-state index contributed by atoms with van der Waals surface area (Å²) in [6.45, 7) is 5.92. The molecule has 1 aromatic heterocycles. The van der Waals surface area contributed by atoms with E-state index in [1.54, 1.807) is 23.0 Å². The van der Waals surface area contributed by atoms with Crippen molar-refractivity contribution < 1.29 is 18.7 Å². The highest BCUT2D eigenvalue weighted by Gasteiger charge is 2.19. The van der Waals surface area contributed by atoms with E-state index in [0.717, 1.165) is 22.5 Å². The molecule has 0 aliphatic carbocycles. The zero-order valence-electron chi connectivity index (χ0n) is 17.0. The predicted molar refractivity (Wildman–Crippen MR) is 109 cm³/mol. The molecule has 156 valence electrons. The molecule has 2 N–H and O–H groups in total. The molecule has 0 radical (unpaired) electrons. The van der Waals surface area contributed by atoms with Crippen LogP contribution in [0.4, 0.5) is 9.18 Å². The molecule has 0 saturated carbocycles. The number of halogens is 1. The van der Waals surface area contributed by atoms with E-state index < -0.39 is 0 Å². The van der Waals surface area contributed by atoms with Gasteiger partial charge in [0.25, 0.3) is 0 Å². The lowest BCUT2D eigenvalue weighted by atomic mass is 10.1. The highest BCUT2D eigenvalue weighted by atomic mass is 19.1. The molecule has 2 atom stereocenters. The topological polar surface area (TPSA) is 77.4 Å². The molecule has 1 aliphatic rings. The SMILES string of the molecule is Cc1c([C@@H](C)NC(=O)N[C@@H](C)c2ccc3c(c2)OCO3)cnn1-c1ccc(F)cc1. The van der Waals surface area contributed by atoms with Crippen molar-refractivity contribution in [3.8, 4) is 17.2 Å². The van der Waals surface area contributed by atoms with Gasteiger partial charge in [0.15, 0.2) is 11.5 Å². The third kappa shape index (κ3) is 3.94. The summed E-state index contributed by atoms with van der Waals surface area (Å²) in [6, 6.07) is 11.0. The first-order valence-electron chi connectivity index (χ1n) is 9.69. The zero-order valence-corrected chi connectivity index (χ0v) is 17.0. The van der Waals surface area contributed by atoms with Crippen molar-refractivity contribution in [1.82, 2.24) is 20.4 Å². The zero-order chi connectivity index (χ0) is 21.3. The van der Waals surface area contributed by atoms with E-state index in [-0.39, 0.29) is 30.7 Å². The molecule has 0 bridgehead atoms. The van der Waals surface area contributed by atoms with Crippen LogP contribution in [0.1, 0.15) is 42.8 Å². The van der Waals surface area contributed by atoms with E-state index in [4.69, 9.17) is 9.47 Å². The Hall–Kier alpha value is -3.55. The minimum atomic E-state index is -0.299. The van der Waals surface area contributed by atoms with Crippen molar-refractivity contribution in [2.45, 2.75) is 32.9 Å². The molecule has 1 aliphatic heterocycles. The van der Waals surface area contributed by atoms with Gasteiger partial charge in [0.1, 0.15) is 5.82 Å². The summed E-state index contributed by atoms with van der Waals surface area (Å²) in [4.78, 5) is 12.5. The van der Waals surface area contributed by atoms with E-state index in [2.05, 4.69) is 15.7 Å². The van der Waals surface area contributed by atoms with Crippen LogP contribution in [0.5, 0.6) is 11.5 Å². The number of aromatic nitrogens is 2. The van der Waals surface area contributed by atoms with Gasteiger partial charge in [-0.2, -0.15) is 5.10 Å². The molecule has 7 nitrogen and oxygen atoms in total. The number of carbonyl (C=O) groups is 1. The van der Waals surface area contributed by atoms with Crippen molar-refractivity contribution in [1.29, 1.82) is 0 Å². The standard InChI is InChI=1S/C22H23FN4O3/c1-13(16-4-9-20-21(10-16)30-12-29-20)25-22(28)26-14(2)19-11-24-27(15(19)3)18-7-5-17(23)6-8-18/h4-11,13-14H,12H2,1-3H3,(H2,25,26,28)/t13-,14+/m0/s1. The smallest absolute Gasteiger partial charge is 0.315 e. The van der Waals surface area contributed by atoms with Crippen LogP contribution < -0.4 is 20.1 Å². The fourth-order valence-corrected chi connectivity index (χ4v) is 3.47. The van der Waals surface area contributed by atoms with Gasteiger partial charge in [-0.25, -0.2) is 13.9 Å². The molecular weight excluding hydrogens is 387 g/mol. The van der Waals surface area contributed by atoms with Crippen LogP contribution in [-0.4, -0.2) is 22.6 Å². The number of urea groups is 1. The van der Waals surface area contributed by atoms with Crippen LogP contribution in [-0.2, 0) is 0 Å². The van der Waals surface area contributed by atoms with Crippen molar-refractivity contribution >= 4 is 6.03 Å². The number of nitrogens with zero attached hydrogens (tertiary/aromatic N) is 2. The number of fused-ring (bicyclic) bond motifs is 1. The Morgan fingerprint density at radius 2 is 1.77 bits per heavy atom. The Balaban J connectivity index is 1.40. The molecule has 3 aromatic rings. The van der Waals surface area contributed by atoms with Gasteiger partial charge in [-0.3, -0.25) is 0 Å². The summed E-state index contributed by atoms with van der Waals surface area (Å²) in [5, 5.41) is 10.3. The van der Waals surface area contributed by atoms with Gasteiger partial charge in [0, 0.05) is 11.3 Å². The first-order chi connectivity index (χ1) is 14.4. The lowest BCUT2D eigenvalue weighted by Crippen LogP contribution is -2.38. The Morgan fingerprint density at radius 3 is 2.53 bits per heavy atom. The highest BCUT2D eigenvalue weighted by Crippen LogP contribution is 2.34. The number of hydrogen-bond acceptors (Lipinski definition) is 4. The Morgan fingerprint density at radius 1 is 1.07 bits per heavy atom. The van der Waals surface area contributed by atoms with Crippen molar-refractivity contribution in [3.63, 3.8) is 0 Å². The van der Waals surface area contributed by atoms with Gasteiger partial charge in [0.05, 0.1) is 24.0 Å². The van der Waals surface area contributed by atoms with E-state index in [0.29, 0.717) is 11.5 Å². The number of benzene rings is 2. The molecule has 0 fully saturated rings. The first-order valence-corrected chi connectivity index (χ1v) is 9.69. The average molecular weight is 410 g/mol. The largest absolute Gasteiger partial charge is 0.454 e. The molecule has 2 amide bonds. The molecular formula is C22H23FN4O3. The van der Waals surface area contributed by atoms with Gasteiger partial charge in [-0.15, -0.1) is 0 Å². The van der Waals surface area contributed by atoms with Crippen LogP contribution in [0.2, 0.25) is 0 Å². The minimum Gasteiger partial charge on any atom is -0.454 e. The van der Waals surface area contributed by atoms with Gasteiger partial charge in [0.2, 0.25) is 6.79 Å². The monoisotopic (exact) mass is 410 g/mol. The normalized spacial score (nSPS) is 14.3. The van der Waals surface area contributed by atoms with Gasteiger partial charge in [-0.1, -0.05) is 6.07 Å². The second-order valence-corrected chi connectivity index (χ2v) is 7.25. The molecule has 2 heterocycles. The quantitative estimate of drug-likeness (QED) is 0.662. The number of carbonyl (C=O) groups excluding carboxylic acids is 1. The maximum absolute atomic E-state index is 13.2. The van der Waals surface area contributed by atoms with Crippen molar-refractivity contribution in [2.75, 3.05) is 6.79 Å². The van der Waals surface area contributed by atoms with Gasteiger partial charge >= 0.3 is 6.03 Å². The summed E-state index contributed by atoms with van der Waals surface area (Å²) >= 11 is 0. The maximum Gasteiger partial charge on any atom is 0.315 e. The van der Waals surface area contributed by atoms with Crippen molar-refractivity contribution in [3.05, 3.63) is 71.3 Å². The average Bonchev–Trinajstić information content (AvgIpc) is 3.34. The van der Waals surface area contributed by atoms with Crippen LogP contribution in [0, 0.1) is 12.7 Å². The summed E-state index contributed by atoms with van der Waals surface area (Å²) in [6.07, 6.45) is 1.71. The molecule has 30 heavy (non-hydrogen) atoms. The fourth-order valence-electron chi connectivity index (χ4n) is 3.47. The molecule has 2 aromatic carbocycles. The van der Waals surface area contributed by atoms with E-state index in [1.807, 2.05) is 39.0 Å². The summed E-state index contributed by atoms with van der Waals surface area (Å²) in [5.74, 6) is 1.09. The van der Waals surface area contributed by atoms with Crippen molar-refractivity contribution in [2.24, 2.45) is 0 Å². The lowest BCUT2D eigenvalue weighted by Gasteiger charge is -2.19. The number of ether oxygens (including phenoxy) is 2. The van der Waals surface area contributed by atoms with Crippen LogP contribution in [0.3, 0.4) is 0 Å². The van der Waals surface area contributed by atoms with E-state index in [1.165, 1.54) is 12.1 Å². The molecule has 0 saturated heterocycles. The minimum absolute atomic E-state index is 0.212. The molecule has 0 unspecified atom stereocenters. The Labute approximate surface area is 173 Å². The second kappa shape index (κ2) is 8.06. The fraction of sp³-hybridized carbons (Fsp3) is 0.273. The number of nitrogens with one attached hydrogen (secondary N) is 2. The van der Waals surface area contributed by atoms with Gasteiger partial charge in [-0.05, 0) is 62.7 Å². The Kier molecular flexibility index (Phi) is 5.31. The number of amides is 2. The van der Waals surface area contributed by atoms with Gasteiger partial charge < -0.3 is 20.1 Å². The lowest BCUT2D eigenvalue weighted by molar-refractivity contribution is 0.174. The molecule has 4 rings (SSSR count). The van der Waals surface area contributed by atoms with Crippen LogP contribution in [0.15, 0.2) is 48.7 Å². The van der Waals surface area contributed by atoms with Crippen LogP contribution >= 0.6 is 0 Å². The highest BCUT2D eigenvalue weighted by molar-refractivity contribution is 5.75. The number of rotatable bonds is 5.